The first-order valence-corrected chi connectivity index (χ1v) is 9.00. The Kier molecular flexibility index (Phi) is 5.46. The van der Waals surface area contributed by atoms with Gasteiger partial charge < -0.3 is 10.1 Å². The molecule has 1 aromatic heterocycles. The molecule has 1 aliphatic heterocycles. The van der Waals surface area contributed by atoms with E-state index < -0.39 is 16.8 Å². The molecule has 0 fully saturated rings. The van der Waals surface area contributed by atoms with Crippen molar-refractivity contribution in [3.05, 3.63) is 61.9 Å². The van der Waals surface area contributed by atoms with Crippen molar-refractivity contribution in [1.82, 2.24) is 10.2 Å². The maximum Gasteiger partial charge on any atom is 0.336 e. The summed E-state index contributed by atoms with van der Waals surface area (Å²) in [4.78, 5) is 23.6. The van der Waals surface area contributed by atoms with Crippen molar-refractivity contribution in [2.75, 3.05) is 11.9 Å². The lowest BCUT2D eigenvalue weighted by atomic mass is 9.81. The van der Waals surface area contributed by atoms with Crippen LogP contribution >= 0.6 is 11.6 Å². The van der Waals surface area contributed by atoms with Gasteiger partial charge in [0.25, 0.3) is 5.69 Å². The van der Waals surface area contributed by atoms with Crippen LogP contribution in [0.15, 0.2) is 35.7 Å². The first-order chi connectivity index (χ1) is 13.0. The maximum atomic E-state index is 12.8. The third-order valence-electron chi connectivity index (χ3n) is 4.38. The van der Waals surface area contributed by atoms with Crippen LogP contribution < -0.4 is 5.32 Å². The van der Waals surface area contributed by atoms with Gasteiger partial charge in [0.1, 0.15) is 5.02 Å². The van der Waals surface area contributed by atoms with E-state index in [2.05, 4.69) is 15.5 Å². The number of carbonyl (C=O) groups is 1. The molecule has 1 atom stereocenters. The number of hydrogen-bond donors (Lipinski definition) is 2. The molecule has 1 unspecified atom stereocenters. The quantitative estimate of drug-likeness (QED) is 0.435. The number of benzene rings is 1. The fourth-order valence-corrected chi connectivity index (χ4v) is 3.58. The number of nitro benzene ring substituents is 1. The number of hydrogen-bond acceptors (Lipinski definition) is 6. The van der Waals surface area contributed by atoms with E-state index in [0.29, 0.717) is 34.6 Å². The van der Waals surface area contributed by atoms with Gasteiger partial charge in [-0.1, -0.05) is 37.1 Å². The van der Waals surface area contributed by atoms with E-state index in [-0.39, 0.29) is 17.3 Å². The molecule has 2 N–H and O–H groups in total. The number of nitrogens with one attached hydrogen (secondary N) is 2. The van der Waals surface area contributed by atoms with Gasteiger partial charge in [-0.2, -0.15) is 5.10 Å². The highest BCUT2D eigenvalue weighted by Crippen LogP contribution is 2.46. The van der Waals surface area contributed by atoms with Crippen molar-refractivity contribution in [3.63, 3.8) is 0 Å². The zero-order valence-corrected chi connectivity index (χ0v) is 15.7. The molecule has 8 nitrogen and oxygen atoms in total. The Hall–Kier alpha value is -2.87. The minimum atomic E-state index is -0.618. The summed E-state index contributed by atoms with van der Waals surface area (Å²) in [5.74, 6) is -0.528. The summed E-state index contributed by atoms with van der Waals surface area (Å²) in [5, 5.41) is 21.5. The van der Waals surface area contributed by atoms with Crippen LogP contribution in [0, 0.1) is 10.1 Å². The summed E-state index contributed by atoms with van der Waals surface area (Å²) < 4.78 is 5.27. The first kappa shape index (κ1) is 18.9. The maximum absolute atomic E-state index is 12.8. The van der Waals surface area contributed by atoms with Crippen molar-refractivity contribution < 1.29 is 14.5 Å². The van der Waals surface area contributed by atoms with E-state index in [9.17, 15) is 14.9 Å². The molecule has 27 heavy (non-hydrogen) atoms. The lowest BCUT2D eigenvalue weighted by Gasteiger charge is -2.28. The van der Waals surface area contributed by atoms with Crippen LogP contribution in [0.1, 0.15) is 43.7 Å². The summed E-state index contributed by atoms with van der Waals surface area (Å²) in [7, 11) is 0. The van der Waals surface area contributed by atoms with E-state index in [4.69, 9.17) is 16.3 Å². The molecule has 0 amide bonds. The second-order valence-electron chi connectivity index (χ2n) is 6.05. The van der Waals surface area contributed by atoms with Crippen LogP contribution in [0.25, 0.3) is 0 Å². The predicted molar refractivity (Wildman–Crippen MR) is 101 cm³/mol. The van der Waals surface area contributed by atoms with Crippen LogP contribution in [0.2, 0.25) is 5.02 Å². The molecule has 0 radical (unpaired) electrons. The number of nitrogens with zero attached hydrogens (tertiary/aromatic N) is 2. The van der Waals surface area contributed by atoms with E-state index in [1.54, 1.807) is 25.3 Å². The van der Waals surface area contributed by atoms with Gasteiger partial charge in [0.15, 0.2) is 5.82 Å². The standard InChI is InChI=1S/C18H19ClN4O4/c1-3-6-12-15(18(24)27-4-2)14(11-9-20-22-17(11)21-12)10-7-5-8-13(16(10)19)23(25)26/h5,7-9,14H,3-4,6H2,1-2H3,(H2,20,21,22). The van der Waals surface area contributed by atoms with E-state index >= 15 is 0 Å². The SMILES string of the molecule is CCCC1=C(C(=O)OCC)C(c2cccc([N+](=O)[O-])c2Cl)c2c[nH]nc2N1. The highest BCUT2D eigenvalue weighted by atomic mass is 35.5. The van der Waals surface area contributed by atoms with Gasteiger partial charge in [-0.25, -0.2) is 4.79 Å². The number of rotatable bonds is 6. The Morgan fingerprint density at radius 1 is 1.37 bits per heavy atom. The molecule has 1 aliphatic rings. The van der Waals surface area contributed by atoms with Gasteiger partial charge in [-0.3, -0.25) is 15.2 Å². The predicted octanol–water partition coefficient (Wildman–Crippen LogP) is 4.15. The lowest BCUT2D eigenvalue weighted by Crippen LogP contribution is -2.25. The van der Waals surface area contributed by atoms with Crippen molar-refractivity contribution in [2.24, 2.45) is 0 Å². The molecular formula is C18H19ClN4O4. The molecule has 2 aromatic rings. The second-order valence-corrected chi connectivity index (χ2v) is 6.43. The number of esters is 1. The molecule has 142 valence electrons. The highest BCUT2D eigenvalue weighted by Gasteiger charge is 2.37. The van der Waals surface area contributed by atoms with Gasteiger partial charge in [-0.05, 0) is 18.9 Å². The zero-order valence-electron chi connectivity index (χ0n) is 14.9. The fourth-order valence-electron chi connectivity index (χ4n) is 3.28. The van der Waals surface area contributed by atoms with Crippen molar-refractivity contribution >= 4 is 29.1 Å². The average Bonchev–Trinajstić information content (AvgIpc) is 3.09. The van der Waals surface area contributed by atoms with Crippen LogP contribution in [-0.2, 0) is 9.53 Å². The molecular weight excluding hydrogens is 372 g/mol. The number of aromatic nitrogens is 2. The summed E-state index contributed by atoms with van der Waals surface area (Å²) in [6.07, 6.45) is 3.05. The first-order valence-electron chi connectivity index (χ1n) is 8.63. The Balaban J connectivity index is 2.25. The number of anilines is 1. The summed E-state index contributed by atoms with van der Waals surface area (Å²) >= 11 is 6.38. The summed E-state index contributed by atoms with van der Waals surface area (Å²) in [6.45, 7) is 3.94. The van der Waals surface area contributed by atoms with Crippen LogP contribution in [0.4, 0.5) is 11.5 Å². The number of fused-ring (bicyclic) bond motifs is 1. The third-order valence-corrected chi connectivity index (χ3v) is 4.79. The van der Waals surface area contributed by atoms with E-state index in [1.165, 1.54) is 6.07 Å². The Labute approximate surface area is 160 Å². The van der Waals surface area contributed by atoms with Crippen molar-refractivity contribution in [2.45, 2.75) is 32.6 Å². The topological polar surface area (TPSA) is 110 Å². The number of nitro groups is 1. The van der Waals surface area contributed by atoms with Crippen molar-refractivity contribution in [1.29, 1.82) is 0 Å². The van der Waals surface area contributed by atoms with E-state index in [0.717, 1.165) is 6.42 Å². The number of carbonyl (C=O) groups excluding carboxylic acids is 1. The molecule has 0 bridgehead atoms. The van der Waals surface area contributed by atoms with Gasteiger partial charge in [-0.15, -0.1) is 0 Å². The molecule has 9 heteroatoms. The van der Waals surface area contributed by atoms with Gasteiger partial charge >= 0.3 is 5.97 Å². The minimum absolute atomic E-state index is 0.000744. The third kappa shape index (κ3) is 3.40. The zero-order chi connectivity index (χ0) is 19.6. The molecule has 0 aliphatic carbocycles. The number of ether oxygens (including phenoxy) is 1. The Morgan fingerprint density at radius 2 is 2.15 bits per heavy atom. The van der Waals surface area contributed by atoms with E-state index in [1.807, 2.05) is 6.92 Å². The number of H-pyrrole nitrogens is 1. The molecule has 0 spiro atoms. The number of allylic oxidation sites excluding steroid dienone is 1. The smallest absolute Gasteiger partial charge is 0.336 e. The van der Waals surface area contributed by atoms with Crippen LogP contribution in [0.5, 0.6) is 0 Å². The molecule has 0 saturated carbocycles. The molecule has 1 aromatic carbocycles. The van der Waals surface area contributed by atoms with Gasteiger partial charge in [0, 0.05) is 29.4 Å². The normalized spacial score (nSPS) is 15.9. The second kappa shape index (κ2) is 7.79. The Bertz CT molecular complexity index is 922. The van der Waals surface area contributed by atoms with Crippen LogP contribution in [-0.4, -0.2) is 27.7 Å². The molecule has 0 saturated heterocycles. The number of halogens is 1. The monoisotopic (exact) mass is 390 g/mol. The Morgan fingerprint density at radius 3 is 2.81 bits per heavy atom. The van der Waals surface area contributed by atoms with Gasteiger partial charge in [0.05, 0.1) is 17.1 Å². The summed E-state index contributed by atoms with van der Waals surface area (Å²) in [5.41, 5.74) is 2.02. The van der Waals surface area contributed by atoms with Crippen LogP contribution in [0.3, 0.4) is 0 Å². The molecule has 3 rings (SSSR count). The number of aromatic amines is 1. The molecule has 2 heterocycles. The highest BCUT2D eigenvalue weighted by molar-refractivity contribution is 6.33. The van der Waals surface area contributed by atoms with Crippen molar-refractivity contribution in [3.8, 4) is 0 Å². The lowest BCUT2D eigenvalue weighted by molar-refractivity contribution is -0.384. The largest absolute Gasteiger partial charge is 0.463 e. The van der Waals surface area contributed by atoms with Gasteiger partial charge in [0.2, 0.25) is 0 Å². The average molecular weight is 391 g/mol. The minimum Gasteiger partial charge on any atom is -0.463 e. The fraction of sp³-hybridized carbons (Fsp3) is 0.333. The summed E-state index contributed by atoms with van der Waals surface area (Å²) in [6, 6.07) is 4.58.